The molecule has 56 valence electrons. The molecule has 0 unspecified atom stereocenters. The van der Waals surface area contributed by atoms with Crippen molar-refractivity contribution < 1.29 is 10.2 Å². The van der Waals surface area contributed by atoms with Crippen molar-refractivity contribution in [1.29, 1.82) is 0 Å². The number of thioether (sulfide) groups is 1. The van der Waals surface area contributed by atoms with E-state index < -0.39 is 0 Å². The van der Waals surface area contributed by atoms with E-state index in [4.69, 9.17) is 10.2 Å². The summed E-state index contributed by atoms with van der Waals surface area (Å²) in [5.41, 5.74) is 0. The number of hydrogen-bond donors (Lipinski definition) is 2. The minimum atomic E-state index is -0.193. The number of aliphatic hydroxyl groups is 2. The van der Waals surface area contributed by atoms with Crippen LogP contribution in [-0.4, -0.2) is 34.4 Å². The SMILES string of the molecule is CC[C@H](O)CSCCO. The second kappa shape index (κ2) is 6.39. The van der Waals surface area contributed by atoms with E-state index in [0.29, 0.717) is 0 Å². The molecule has 0 spiro atoms. The molecule has 0 heterocycles. The molecule has 0 aliphatic heterocycles. The maximum Gasteiger partial charge on any atom is 0.0628 e. The number of rotatable bonds is 5. The van der Waals surface area contributed by atoms with Crippen molar-refractivity contribution in [2.75, 3.05) is 18.1 Å². The van der Waals surface area contributed by atoms with Crippen LogP contribution >= 0.6 is 11.8 Å². The third-order valence-corrected chi connectivity index (χ3v) is 2.11. The van der Waals surface area contributed by atoms with Crippen LogP contribution in [0.2, 0.25) is 0 Å². The summed E-state index contributed by atoms with van der Waals surface area (Å²) in [6.45, 7) is 2.16. The lowest BCUT2D eigenvalue weighted by Crippen LogP contribution is -2.08. The highest BCUT2D eigenvalue weighted by molar-refractivity contribution is 7.99. The summed E-state index contributed by atoms with van der Waals surface area (Å²) in [7, 11) is 0. The minimum Gasteiger partial charge on any atom is -0.396 e. The van der Waals surface area contributed by atoms with Crippen molar-refractivity contribution in [3.63, 3.8) is 0 Å². The van der Waals surface area contributed by atoms with Crippen LogP contribution in [0.3, 0.4) is 0 Å². The Labute approximate surface area is 60.3 Å². The van der Waals surface area contributed by atoms with Gasteiger partial charge >= 0.3 is 0 Å². The van der Waals surface area contributed by atoms with Gasteiger partial charge in [-0.05, 0) is 6.42 Å². The van der Waals surface area contributed by atoms with Crippen molar-refractivity contribution >= 4 is 11.8 Å². The Morgan fingerprint density at radius 2 is 2.22 bits per heavy atom. The number of hydrogen-bond acceptors (Lipinski definition) is 3. The van der Waals surface area contributed by atoms with Gasteiger partial charge in [0, 0.05) is 11.5 Å². The second-order valence-corrected chi connectivity index (χ2v) is 3.01. The molecular weight excluding hydrogens is 136 g/mol. The lowest BCUT2D eigenvalue weighted by molar-refractivity contribution is 0.195. The molecule has 0 radical (unpaired) electrons. The molecule has 0 saturated carbocycles. The Bertz CT molecular complexity index is 59.0. The molecule has 0 saturated heterocycles. The first-order chi connectivity index (χ1) is 4.31. The zero-order valence-electron chi connectivity index (χ0n) is 5.71. The molecule has 9 heavy (non-hydrogen) atoms. The maximum absolute atomic E-state index is 8.98. The Morgan fingerprint density at radius 3 is 2.67 bits per heavy atom. The maximum atomic E-state index is 8.98. The van der Waals surface area contributed by atoms with E-state index in [1.54, 1.807) is 11.8 Å². The van der Waals surface area contributed by atoms with Crippen molar-refractivity contribution in [3.05, 3.63) is 0 Å². The van der Waals surface area contributed by atoms with Gasteiger partial charge in [-0.25, -0.2) is 0 Å². The fourth-order valence-corrected chi connectivity index (χ4v) is 1.21. The van der Waals surface area contributed by atoms with Crippen LogP contribution < -0.4 is 0 Å². The average Bonchev–Trinajstić information content (AvgIpc) is 1.89. The van der Waals surface area contributed by atoms with Crippen LogP contribution in [0.4, 0.5) is 0 Å². The van der Waals surface area contributed by atoms with Gasteiger partial charge in [0.2, 0.25) is 0 Å². The molecular formula is C6H14O2S. The molecule has 0 aromatic rings. The van der Waals surface area contributed by atoms with E-state index in [-0.39, 0.29) is 12.7 Å². The van der Waals surface area contributed by atoms with Crippen LogP contribution in [0.15, 0.2) is 0 Å². The Hall–Kier alpha value is 0.270. The van der Waals surface area contributed by atoms with E-state index in [1.165, 1.54) is 0 Å². The lowest BCUT2D eigenvalue weighted by atomic mass is 10.3. The molecule has 0 bridgehead atoms. The molecule has 0 rings (SSSR count). The van der Waals surface area contributed by atoms with E-state index in [2.05, 4.69) is 0 Å². The molecule has 2 N–H and O–H groups in total. The van der Waals surface area contributed by atoms with Gasteiger partial charge in [-0.15, -0.1) is 0 Å². The topological polar surface area (TPSA) is 40.5 Å². The van der Waals surface area contributed by atoms with Crippen LogP contribution in [-0.2, 0) is 0 Å². The average molecular weight is 150 g/mol. The smallest absolute Gasteiger partial charge is 0.0628 e. The predicted molar refractivity (Wildman–Crippen MR) is 40.7 cm³/mol. The van der Waals surface area contributed by atoms with E-state index in [0.717, 1.165) is 17.9 Å². The first-order valence-corrected chi connectivity index (χ1v) is 4.33. The highest BCUT2D eigenvalue weighted by Gasteiger charge is 1.98. The van der Waals surface area contributed by atoms with Crippen molar-refractivity contribution in [3.8, 4) is 0 Å². The monoisotopic (exact) mass is 150 g/mol. The Morgan fingerprint density at radius 1 is 1.56 bits per heavy atom. The van der Waals surface area contributed by atoms with Crippen molar-refractivity contribution in [2.24, 2.45) is 0 Å². The standard InChI is InChI=1S/C6H14O2S/c1-2-6(8)5-9-4-3-7/h6-8H,2-5H2,1H3/t6-/m0/s1. The lowest BCUT2D eigenvalue weighted by Gasteiger charge is -2.04. The van der Waals surface area contributed by atoms with Gasteiger partial charge in [-0.3, -0.25) is 0 Å². The zero-order chi connectivity index (χ0) is 7.11. The Kier molecular flexibility index (Phi) is 6.58. The summed E-state index contributed by atoms with van der Waals surface area (Å²) in [5, 5.41) is 17.3. The zero-order valence-corrected chi connectivity index (χ0v) is 6.52. The summed E-state index contributed by atoms with van der Waals surface area (Å²) >= 11 is 1.59. The summed E-state index contributed by atoms with van der Waals surface area (Å²) in [6, 6.07) is 0. The van der Waals surface area contributed by atoms with Crippen LogP contribution in [0, 0.1) is 0 Å². The molecule has 0 aromatic carbocycles. The first-order valence-electron chi connectivity index (χ1n) is 3.18. The minimum absolute atomic E-state index is 0.193. The van der Waals surface area contributed by atoms with Gasteiger partial charge in [-0.2, -0.15) is 11.8 Å². The summed E-state index contributed by atoms with van der Waals surface area (Å²) in [6.07, 6.45) is 0.611. The molecule has 0 fully saturated rings. The van der Waals surface area contributed by atoms with E-state index in [9.17, 15) is 0 Å². The van der Waals surface area contributed by atoms with Crippen LogP contribution in [0.5, 0.6) is 0 Å². The molecule has 3 heteroatoms. The second-order valence-electron chi connectivity index (χ2n) is 1.86. The van der Waals surface area contributed by atoms with Gasteiger partial charge in [-0.1, -0.05) is 6.92 Å². The van der Waals surface area contributed by atoms with Crippen molar-refractivity contribution in [1.82, 2.24) is 0 Å². The first kappa shape index (κ1) is 9.27. The van der Waals surface area contributed by atoms with Gasteiger partial charge < -0.3 is 10.2 Å². The molecule has 0 aromatic heterocycles. The highest BCUT2D eigenvalue weighted by Crippen LogP contribution is 2.03. The third-order valence-electron chi connectivity index (χ3n) is 1.02. The van der Waals surface area contributed by atoms with Crippen molar-refractivity contribution in [2.45, 2.75) is 19.4 Å². The molecule has 1 atom stereocenters. The summed E-state index contributed by atoms with van der Waals surface area (Å²) in [5.74, 6) is 1.48. The highest BCUT2D eigenvalue weighted by atomic mass is 32.2. The summed E-state index contributed by atoms with van der Waals surface area (Å²) < 4.78 is 0. The quantitative estimate of drug-likeness (QED) is 0.560. The molecule has 0 aliphatic rings. The van der Waals surface area contributed by atoms with Crippen LogP contribution in [0.1, 0.15) is 13.3 Å². The van der Waals surface area contributed by atoms with Gasteiger partial charge in [0.15, 0.2) is 0 Å². The van der Waals surface area contributed by atoms with E-state index in [1.807, 2.05) is 6.92 Å². The largest absolute Gasteiger partial charge is 0.396 e. The fourth-order valence-electron chi connectivity index (χ4n) is 0.402. The third kappa shape index (κ3) is 6.15. The van der Waals surface area contributed by atoms with Gasteiger partial charge in [0.1, 0.15) is 0 Å². The number of aliphatic hydroxyl groups excluding tert-OH is 2. The molecule has 2 nitrogen and oxygen atoms in total. The Balaban J connectivity index is 2.88. The van der Waals surface area contributed by atoms with E-state index >= 15 is 0 Å². The molecule has 0 aliphatic carbocycles. The predicted octanol–water partition coefficient (Wildman–Crippen LogP) is 0.483. The normalized spacial score (nSPS) is 13.7. The van der Waals surface area contributed by atoms with Crippen LogP contribution in [0.25, 0.3) is 0 Å². The van der Waals surface area contributed by atoms with Gasteiger partial charge in [0.05, 0.1) is 12.7 Å². The molecule has 0 amide bonds. The fraction of sp³-hybridized carbons (Fsp3) is 1.00. The summed E-state index contributed by atoms with van der Waals surface area (Å²) in [4.78, 5) is 0. The van der Waals surface area contributed by atoms with Gasteiger partial charge in [0.25, 0.3) is 0 Å².